The summed E-state index contributed by atoms with van der Waals surface area (Å²) in [5.74, 6) is -3.56. The number of hydrogen-bond donors (Lipinski definition) is 3. The number of carbonyl (C=O) groups is 4. The number of likely N-dealkylation sites (N-methyl/N-ethyl adjacent to an activating group) is 1. The molecule has 38 heavy (non-hydrogen) atoms. The van der Waals surface area contributed by atoms with E-state index in [1.54, 1.807) is 6.08 Å². The zero-order valence-electron chi connectivity index (χ0n) is 21.0. The Morgan fingerprint density at radius 3 is 2.61 bits per heavy atom. The molecule has 0 radical (unpaired) electrons. The number of ether oxygens (including phenoxy) is 4. The third-order valence-corrected chi connectivity index (χ3v) is 8.23. The summed E-state index contributed by atoms with van der Waals surface area (Å²) in [6.07, 6.45) is -1.37. The Morgan fingerprint density at radius 1 is 1.18 bits per heavy atom. The fourth-order valence-electron chi connectivity index (χ4n) is 6.53. The Kier molecular flexibility index (Phi) is 6.35. The van der Waals surface area contributed by atoms with Gasteiger partial charge < -0.3 is 39.2 Å². The first-order chi connectivity index (χ1) is 18.0. The summed E-state index contributed by atoms with van der Waals surface area (Å²) < 4.78 is 22.3. The van der Waals surface area contributed by atoms with Crippen LogP contribution in [0.4, 0.5) is 0 Å². The lowest BCUT2D eigenvalue weighted by Crippen LogP contribution is -2.74. The molecule has 1 aromatic rings. The molecule has 12 heteroatoms. The molecule has 204 valence electrons. The molecule has 1 aromatic carbocycles. The van der Waals surface area contributed by atoms with Gasteiger partial charge in [-0.3, -0.25) is 14.4 Å². The molecule has 5 atom stereocenters. The number of carboxylic acids is 2. The van der Waals surface area contributed by atoms with Gasteiger partial charge in [-0.15, -0.1) is 0 Å². The summed E-state index contributed by atoms with van der Waals surface area (Å²) in [6.45, 7) is 0.705. The van der Waals surface area contributed by atoms with Crippen LogP contribution in [0.3, 0.4) is 0 Å². The van der Waals surface area contributed by atoms with Crippen LogP contribution in [0.1, 0.15) is 43.2 Å². The van der Waals surface area contributed by atoms with E-state index in [0.29, 0.717) is 30.9 Å². The van der Waals surface area contributed by atoms with Crippen LogP contribution in [-0.4, -0.2) is 88.6 Å². The molecule has 2 bridgehead atoms. The number of aliphatic hydroxyl groups is 1. The molecular formula is C26H29NO11. The topological polar surface area (TPSA) is 169 Å². The van der Waals surface area contributed by atoms with Crippen LogP contribution in [-0.2, 0) is 40.5 Å². The van der Waals surface area contributed by atoms with Crippen LogP contribution in [0.5, 0.6) is 11.5 Å². The van der Waals surface area contributed by atoms with Crippen LogP contribution in [0.25, 0.3) is 0 Å². The highest BCUT2D eigenvalue weighted by molar-refractivity contribution is 5.84. The maximum atomic E-state index is 12.7. The molecule has 4 aliphatic rings. The van der Waals surface area contributed by atoms with E-state index in [1.165, 1.54) is 7.11 Å². The average Bonchev–Trinajstić information content (AvgIpc) is 3.21. The highest BCUT2D eigenvalue weighted by atomic mass is 16.6. The molecule has 3 N–H and O–H groups in total. The first-order valence-electron chi connectivity index (χ1n) is 12.4. The van der Waals surface area contributed by atoms with Gasteiger partial charge in [0.15, 0.2) is 17.6 Å². The molecular weight excluding hydrogens is 502 g/mol. The zero-order valence-corrected chi connectivity index (χ0v) is 21.0. The lowest BCUT2D eigenvalue weighted by molar-refractivity contribution is -0.171. The maximum Gasteiger partial charge on any atom is 0.345 e. The molecule has 0 aromatic heterocycles. The van der Waals surface area contributed by atoms with Crippen molar-refractivity contribution in [1.29, 1.82) is 0 Å². The van der Waals surface area contributed by atoms with Crippen molar-refractivity contribution in [2.24, 2.45) is 0 Å². The van der Waals surface area contributed by atoms with E-state index in [9.17, 15) is 24.3 Å². The van der Waals surface area contributed by atoms with Gasteiger partial charge in [-0.1, -0.05) is 6.07 Å². The van der Waals surface area contributed by atoms with Crippen LogP contribution < -0.4 is 9.47 Å². The minimum absolute atomic E-state index is 0.162. The standard InChI is InChI=1S/C26H29NO11/c1-27-10-9-25-21-13-3-4-14(35-2)22(21)38-23(25)15(7-8-26(25,34)17(27)11-13)36-19(30)5-6-20(31)37-16(24(32)33)12-18(28)29/h3-4,7,16-17,23,34H,5-6,8-12H2,1-2H3,(H,28,29)(H,32,33)/t16-,17+,23-,25-,26+/m1/s1. The van der Waals surface area contributed by atoms with Gasteiger partial charge in [-0.05, 0) is 44.1 Å². The van der Waals surface area contributed by atoms with Gasteiger partial charge >= 0.3 is 23.9 Å². The highest BCUT2D eigenvalue weighted by Gasteiger charge is 2.72. The van der Waals surface area contributed by atoms with E-state index in [-0.39, 0.29) is 18.2 Å². The van der Waals surface area contributed by atoms with Crippen LogP contribution in [0.2, 0.25) is 0 Å². The van der Waals surface area contributed by atoms with E-state index >= 15 is 0 Å². The number of carbonyl (C=O) groups excluding carboxylic acids is 2. The molecule has 0 saturated carbocycles. The largest absolute Gasteiger partial charge is 0.493 e. The number of hydrogen-bond acceptors (Lipinski definition) is 10. The lowest BCUT2D eigenvalue weighted by atomic mass is 9.50. The third-order valence-electron chi connectivity index (χ3n) is 8.23. The second-order valence-corrected chi connectivity index (χ2v) is 10.2. The number of methoxy groups -OCH3 is 1. The van der Waals surface area contributed by atoms with Crippen molar-refractivity contribution in [2.45, 2.75) is 67.8 Å². The van der Waals surface area contributed by atoms with Crippen LogP contribution in [0.15, 0.2) is 24.0 Å². The van der Waals surface area contributed by atoms with Gasteiger partial charge in [-0.25, -0.2) is 4.79 Å². The Hall–Kier alpha value is -3.64. The van der Waals surface area contributed by atoms with Crippen molar-refractivity contribution in [3.05, 3.63) is 35.1 Å². The average molecular weight is 532 g/mol. The zero-order chi connectivity index (χ0) is 27.4. The number of esters is 2. The summed E-state index contributed by atoms with van der Waals surface area (Å²) >= 11 is 0. The first kappa shape index (κ1) is 26.0. The second-order valence-electron chi connectivity index (χ2n) is 10.2. The Morgan fingerprint density at radius 2 is 1.92 bits per heavy atom. The molecule has 1 spiro atoms. The van der Waals surface area contributed by atoms with Crippen molar-refractivity contribution in [1.82, 2.24) is 4.90 Å². The molecule has 1 fully saturated rings. The minimum atomic E-state index is -1.85. The van der Waals surface area contributed by atoms with Gasteiger partial charge in [0.25, 0.3) is 0 Å². The Bertz CT molecular complexity index is 1240. The summed E-state index contributed by atoms with van der Waals surface area (Å²) in [7, 11) is 3.52. The fourth-order valence-corrected chi connectivity index (χ4v) is 6.53. The molecule has 1 saturated heterocycles. The number of nitrogens with zero attached hydrogens (tertiary/aromatic N) is 1. The molecule has 5 rings (SSSR count). The highest BCUT2D eigenvalue weighted by Crippen LogP contribution is 2.65. The number of rotatable bonds is 9. The summed E-state index contributed by atoms with van der Waals surface area (Å²) in [5.41, 5.74) is -0.0761. The van der Waals surface area contributed by atoms with Gasteiger partial charge in [-0.2, -0.15) is 0 Å². The SMILES string of the molecule is COc1ccc2c3c1O[C@@H]1C(OC(=O)CCC(=O)O[C@H](CC(=O)O)C(=O)O)=CC[C@]4(O)[C@H](C2)N(C)CC[C@@]314. The Labute approximate surface area is 217 Å². The number of piperidine rings is 1. The predicted molar refractivity (Wildman–Crippen MR) is 127 cm³/mol. The number of benzene rings is 1. The van der Waals surface area contributed by atoms with E-state index in [0.717, 1.165) is 11.1 Å². The monoisotopic (exact) mass is 531 g/mol. The maximum absolute atomic E-state index is 12.7. The van der Waals surface area contributed by atoms with Gasteiger partial charge in [0.2, 0.25) is 6.10 Å². The fraction of sp³-hybridized carbons (Fsp3) is 0.538. The summed E-state index contributed by atoms with van der Waals surface area (Å²) in [6, 6.07) is 3.66. The van der Waals surface area contributed by atoms with E-state index in [2.05, 4.69) is 4.90 Å². The molecule has 2 aliphatic carbocycles. The van der Waals surface area contributed by atoms with E-state index in [1.807, 2.05) is 19.2 Å². The lowest BCUT2D eigenvalue weighted by Gasteiger charge is -2.61. The number of carboxylic acid groups (broad SMARTS) is 2. The normalized spacial score (nSPS) is 29.3. The van der Waals surface area contributed by atoms with Crippen molar-refractivity contribution >= 4 is 23.9 Å². The van der Waals surface area contributed by atoms with Gasteiger partial charge in [0.05, 0.1) is 37.4 Å². The van der Waals surface area contributed by atoms with Crippen LogP contribution in [0, 0.1) is 0 Å². The molecule has 12 nitrogen and oxygen atoms in total. The molecule has 2 heterocycles. The summed E-state index contributed by atoms with van der Waals surface area (Å²) in [5, 5.41) is 30.0. The molecule has 0 unspecified atom stereocenters. The van der Waals surface area contributed by atoms with Gasteiger partial charge in [0.1, 0.15) is 5.76 Å². The van der Waals surface area contributed by atoms with E-state index < -0.39 is 66.4 Å². The molecule has 2 aliphatic heterocycles. The minimum Gasteiger partial charge on any atom is -0.493 e. The smallest absolute Gasteiger partial charge is 0.345 e. The summed E-state index contributed by atoms with van der Waals surface area (Å²) in [4.78, 5) is 48.8. The van der Waals surface area contributed by atoms with Crippen molar-refractivity contribution < 1.29 is 53.4 Å². The predicted octanol–water partition coefficient (Wildman–Crippen LogP) is 0.767. The number of aliphatic carboxylic acids is 2. The van der Waals surface area contributed by atoms with Crippen molar-refractivity contribution in [3.8, 4) is 11.5 Å². The number of likely N-dealkylation sites (tertiary alicyclic amines) is 1. The Balaban J connectivity index is 1.35. The third kappa shape index (κ3) is 3.81. The quantitative estimate of drug-likeness (QED) is 0.383. The van der Waals surface area contributed by atoms with Crippen molar-refractivity contribution in [3.63, 3.8) is 0 Å². The van der Waals surface area contributed by atoms with Crippen LogP contribution >= 0.6 is 0 Å². The second kappa shape index (κ2) is 9.28. The van der Waals surface area contributed by atoms with E-state index in [4.69, 9.17) is 29.2 Å². The van der Waals surface area contributed by atoms with Crippen molar-refractivity contribution in [2.75, 3.05) is 20.7 Å². The molecule has 0 amide bonds. The first-order valence-corrected chi connectivity index (χ1v) is 12.4. The van der Waals surface area contributed by atoms with Gasteiger partial charge in [0, 0.05) is 18.0 Å².